The fourth-order valence-electron chi connectivity index (χ4n) is 3.87. The lowest BCUT2D eigenvalue weighted by Gasteiger charge is -2.20. The lowest BCUT2D eigenvalue weighted by molar-refractivity contribution is -0.139. The Kier molecular flexibility index (Phi) is 5.23. The number of carboxylic acids is 1. The predicted molar refractivity (Wildman–Crippen MR) is 109 cm³/mol. The Morgan fingerprint density at radius 3 is 2.79 bits per heavy atom. The van der Waals surface area contributed by atoms with Crippen molar-refractivity contribution in [2.75, 3.05) is 6.61 Å². The molecule has 1 aliphatic heterocycles. The smallest absolute Gasteiger partial charge is 0.341 e. The molecule has 1 fully saturated rings. The van der Waals surface area contributed by atoms with E-state index in [0.29, 0.717) is 24.3 Å². The van der Waals surface area contributed by atoms with E-state index in [2.05, 4.69) is 27.3 Å². The summed E-state index contributed by atoms with van der Waals surface area (Å²) in [5.74, 6) is -0.328. The summed E-state index contributed by atoms with van der Waals surface area (Å²) in [6.45, 7) is -0.460. The molecule has 7 nitrogen and oxygen atoms in total. The van der Waals surface area contributed by atoms with Gasteiger partial charge < -0.3 is 14.6 Å². The van der Waals surface area contributed by atoms with Crippen molar-refractivity contribution in [3.05, 3.63) is 51.6 Å². The monoisotopic (exact) mass is 515 g/mol. The molecule has 3 atom stereocenters. The van der Waals surface area contributed by atoms with Gasteiger partial charge >= 0.3 is 5.97 Å². The third-order valence-electron chi connectivity index (χ3n) is 5.00. The molecule has 1 heterocycles. The Hall–Kier alpha value is -1.85. The van der Waals surface area contributed by atoms with E-state index in [4.69, 9.17) is 14.6 Å². The second-order valence-electron chi connectivity index (χ2n) is 6.80. The van der Waals surface area contributed by atoms with Crippen LogP contribution in [0.5, 0.6) is 11.5 Å². The van der Waals surface area contributed by atoms with Gasteiger partial charge in [0.05, 0.1) is 4.90 Å². The highest BCUT2D eigenvalue weighted by Crippen LogP contribution is 2.51. The molecule has 1 saturated carbocycles. The van der Waals surface area contributed by atoms with Crippen molar-refractivity contribution in [3.8, 4) is 11.5 Å². The van der Waals surface area contributed by atoms with Crippen LogP contribution >= 0.6 is 22.6 Å². The van der Waals surface area contributed by atoms with Gasteiger partial charge in [0.1, 0.15) is 6.10 Å². The average molecular weight is 515 g/mol. The molecule has 9 heteroatoms. The molecule has 2 N–H and O–H groups in total. The van der Waals surface area contributed by atoms with Gasteiger partial charge in [-0.3, -0.25) is 0 Å². The van der Waals surface area contributed by atoms with Crippen molar-refractivity contribution in [3.63, 3.8) is 0 Å². The molecule has 0 amide bonds. The number of benzene rings is 2. The van der Waals surface area contributed by atoms with Gasteiger partial charge in [-0.15, -0.1) is 0 Å². The van der Waals surface area contributed by atoms with E-state index in [1.54, 1.807) is 30.3 Å². The summed E-state index contributed by atoms with van der Waals surface area (Å²) in [6.07, 6.45) is 1.21. The van der Waals surface area contributed by atoms with Gasteiger partial charge in [0.25, 0.3) is 0 Å². The zero-order chi connectivity index (χ0) is 19.9. The number of ether oxygens (including phenoxy) is 2. The fourth-order valence-corrected chi connectivity index (χ4v) is 5.96. The van der Waals surface area contributed by atoms with Crippen LogP contribution < -0.4 is 14.2 Å². The molecular formula is C19H18INO6S. The highest BCUT2D eigenvalue weighted by atomic mass is 127. The van der Waals surface area contributed by atoms with E-state index in [9.17, 15) is 13.2 Å². The first-order valence-corrected chi connectivity index (χ1v) is 11.3. The number of hydrogen-bond acceptors (Lipinski definition) is 5. The molecule has 4 rings (SSSR count). The van der Waals surface area contributed by atoms with Crippen molar-refractivity contribution in [2.24, 2.45) is 0 Å². The van der Waals surface area contributed by atoms with Gasteiger partial charge in [-0.25, -0.2) is 17.9 Å². The van der Waals surface area contributed by atoms with Crippen LogP contribution in [0.15, 0.2) is 47.4 Å². The lowest BCUT2D eigenvalue weighted by atomic mass is 9.94. The molecule has 3 unspecified atom stereocenters. The topological polar surface area (TPSA) is 102 Å². The SMILES string of the molecule is O=C(O)COc1cccc2c1OC1CCC(NS(=O)(=O)c3cccc(I)c3)C21. The third-order valence-corrected chi connectivity index (χ3v) is 7.16. The Balaban J connectivity index is 1.59. The second-order valence-corrected chi connectivity index (χ2v) is 9.76. The van der Waals surface area contributed by atoms with Gasteiger partial charge in [0, 0.05) is 21.1 Å². The normalized spacial score (nSPS) is 23.0. The molecule has 0 saturated heterocycles. The first kappa shape index (κ1) is 19.5. The van der Waals surface area contributed by atoms with Crippen LogP contribution in [0.4, 0.5) is 0 Å². The summed E-state index contributed by atoms with van der Waals surface area (Å²) in [5.41, 5.74) is 0.848. The Morgan fingerprint density at radius 1 is 1.25 bits per heavy atom. The zero-order valence-corrected chi connectivity index (χ0v) is 17.6. The number of para-hydroxylation sites is 1. The first-order valence-electron chi connectivity index (χ1n) is 8.77. The number of aliphatic carboxylic acids is 1. The van der Waals surface area contributed by atoms with Gasteiger partial charge in [0.15, 0.2) is 18.1 Å². The summed E-state index contributed by atoms with van der Waals surface area (Å²) >= 11 is 2.08. The van der Waals surface area contributed by atoms with Gasteiger partial charge in [-0.1, -0.05) is 18.2 Å². The van der Waals surface area contributed by atoms with Crippen molar-refractivity contribution < 1.29 is 27.8 Å². The second kappa shape index (κ2) is 7.53. The van der Waals surface area contributed by atoms with E-state index in [0.717, 1.165) is 9.13 Å². The number of rotatable bonds is 6. The molecule has 2 aromatic rings. The summed E-state index contributed by atoms with van der Waals surface area (Å²) in [5, 5.41) is 8.84. The molecular weight excluding hydrogens is 497 g/mol. The van der Waals surface area contributed by atoms with Gasteiger partial charge in [0.2, 0.25) is 10.0 Å². The van der Waals surface area contributed by atoms with E-state index in [-0.39, 0.29) is 23.0 Å². The minimum absolute atomic E-state index is 0.138. The van der Waals surface area contributed by atoms with Crippen LogP contribution in [0.2, 0.25) is 0 Å². The lowest BCUT2D eigenvalue weighted by Crippen LogP contribution is -2.37. The van der Waals surface area contributed by atoms with Crippen molar-refractivity contribution in [1.82, 2.24) is 4.72 Å². The summed E-state index contributed by atoms with van der Waals surface area (Å²) in [4.78, 5) is 11.0. The molecule has 0 bridgehead atoms. The van der Waals surface area contributed by atoms with Crippen molar-refractivity contribution in [2.45, 2.75) is 35.8 Å². The Bertz CT molecular complexity index is 1020. The number of nitrogens with one attached hydrogen (secondary N) is 1. The van der Waals surface area contributed by atoms with E-state index in [1.807, 2.05) is 12.1 Å². The Labute approximate surface area is 176 Å². The molecule has 28 heavy (non-hydrogen) atoms. The largest absolute Gasteiger partial charge is 0.486 e. The fraction of sp³-hybridized carbons (Fsp3) is 0.316. The van der Waals surface area contributed by atoms with E-state index >= 15 is 0 Å². The van der Waals surface area contributed by atoms with Gasteiger partial charge in [-0.2, -0.15) is 0 Å². The molecule has 0 aromatic heterocycles. The summed E-state index contributed by atoms with van der Waals surface area (Å²) < 4.78 is 40.7. The van der Waals surface area contributed by atoms with Crippen LogP contribution in [0.25, 0.3) is 0 Å². The molecule has 0 spiro atoms. The maximum Gasteiger partial charge on any atom is 0.341 e. The van der Waals surface area contributed by atoms with Crippen LogP contribution in [-0.2, 0) is 14.8 Å². The number of fused-ring (bicyclic) bond motifs is 3. The summed E-state index contributed by atoms with van der Waals surface area (Å²) in [6, 6.07) is 11.8. The van der Waals surface area contributed by atoms with E-state index < -0.39 is 22.6 Å². The highest BCUT2D eigenvalue weighted by Gasteiger charge is 2.47. The Morgan fingerprint density at radius 2 is 2.04 bits per heavy atom. The highest BCUT2D eigenvalue weighted by molar-refractivity contribution is 14.1. The molecule has 0 radical (unpaired) electrons. The quantitative estimate of drug-likeness (QED) is 0.574. The number of halogens is 1. The minimum atomic E-state index is -3.66. The van der Waals surface area contributed by atoms with Crippen molar-refractivity contribution in [1.29, 1.82) is 0 Å². The maximum atomic E-state index is 12.8. The number of carboxylic acid groups (broad SMARTS) is 1. The average Bonchev–Trinajstić information content (AvgIpc) is 3.20. The third kappa shape index (κ3) is 3.70. The zero-order valence-electron chi connectivity index (χ0n) is 14.7. The van der Waals surface area contributed by atoms with Gasteiger partial charge in [-0.05, 0) is 59.7 Å². The number of hydrogen-bond donors (Lipinski definition) is 2. The van der Waals surface area contributed by atoms with Crippen LogP contribution in [0.3, 0.4) is 0 Å². The predicted octanol–water partition coefficient (Wildman–Crippen LogP) is 2.74. The summed E-state index contributed by atoms with van der Waals surface area (Å²) in [7, 11) is -3.66. The minimum Gasteiger partial charge on any atom is -0.486 e. The number of carbonyl (C=O) groups is 1. The molecule has 2 aliphatic rings. The van der Waals surface area contributed by atoms with E-state index in [1.165, 1.54) is 0 Å². The van der Waals surface area contributed by atoms with Crippen LogP contribution in [-0.4, -0.2) is 38.2 Å². The molecule has 2 aromatic carbocycles. The standard InChI is InChI=1S/C19H18INO6S/c20-11-3-1-4-12(9-11)28(24,25)21-14-7-8-15-18(14)13-5-2-6-16(19(13)27-15)26-10-17(22)23/h1-6,9,14-15,18,21H,7-8,10H2,(H,22,23). The first-order chi connectivity index (χ1) is 13.3. The maximum absolute atomic E-state index is 12.8. The molecule has 148 valence electrons. The van der Waals surface area contributed by atoms with Crippen LogP contribution in [0, 0.1) is 3.57 Å². The number of sulfonamides is 1. The molecule has 1 aliphatic carbocycles. The van der Waals surface area contributed by atoms with Crippen LogP contribution in [0.1, 0.15) is 24.3 Å². The van der Waals surface area contributed by atoms with Crippen molar-refractivity contribution >= 4 is 38.6 Å².